The Morgan fingerprint density at radius 3 is 2.59 bits per heavy atom. The number of anilines is 1. The van der Waals surface area contributed by atoms with E-state index in [1.54, 1.807) is 0 Å². The fraction of sp³-hybridized carbons (Fsp3) is 0.273. The molecule has 1 fully saturated rings. The number of esters is 1. The molecule has 0 radical (unpaired) electrons. The highest BCUT2D eigenvalue weighted by Gasteiger charge is 2.31. The average Bonchev–Trinajstić information content (AvgIpc) is 2.92. The molecule has 1 aliphatic heterocycles. The molecule has 2 rings (SSSR count). The van der Waals surface area contributed by atoms with E-state index in [1.165, 1.54) is 0 Å². The van der Waals surface area contributed by atoms with Crippen molar-refractivity contribution in [2.24, 2.45) is 0 Å². The van der Waals surface area contributed by atoms with Crippen molar-refractivity contribution < 1.29 is 28.8 Å². The van der Waals surface area contributed by atoms with Gasteiger partial charge >= 0.3 is 17.8 Å². The maximum atomic E-state index is 11.9. The zero-order chi connectivity index (χ0) is 16.4. The van der Waals surface area contributed by atoms with Crippen molar-refractivity contribution in [1.82, 2.24) is 4.90 Å². The van der Waals surface area contributed by atoms with Crippen molar-refractivity contribution in [3.8, 4) is 0 Å². The molecule has 22 heavy (non-hydrogen) atoms. The molecule has 1 aliphatic rings. The molecule has 0 aliphatic carbocycles. The number of nitrogens with one attached hydrogen (secondary N) is 1. The maximum Gasteiger partial charge on any atom is 0.416 e. The van der Waals surface area contributed by atoms with Gasteiger partial charge in [-0.15, -0.1) is 0 Å². The number of carbonyl (C=O) groups is 3. The summed E-state index contributed by atoms with van der Waals surface area (Å²) in [5.74, 6) is -1.70. The zero-order valence-electron chi connectivity index (χ0n) is 10.8. The van der Waals surface area contributed by atoms with E-state index >= 15 is 0 Å². The predicted octanol–water partition coefficient (Wildman–Crippen LogP) is 1.18. The lowest BCUT2D eigenvalue weighted by Crippen LogP contribution is -2.35. The monoisotopic (exact) mass is 368 g/mol. The van der Waals surface area contributed by atoms with Crippen LogP contribution in [0.2, 0.25) is 15.2 Å². The number of H-pyrrole nitrogens is 1. The Morgan fingerprint density at radius 2 is 2.00 bits per heavy atom. The summed E-state index contributed by atoms with van der Waals surface area (Å²) >= 11 is 17.4. The van der Waals surface area contributed by atoms with Crippen LogP contribution in [0.5, 0.6) is 0 Å². The van der Waals surface area contributed by atoms with Gasteiger partial charge in [-0.05, 0) is 11.6 Å². The lowest BCUT2D eigenvalue weighted by Gasteiger charge is -2.10. The van der Waals surface area contributed by atoms with E-state index in [1.807, 2.05) is 0 Å². The molecule has 2 amide bonds. The summed E-state index contributed by atoms with van der Waals surface area (Å²) in [6.07, 6.45) is -0.788. The number of hydrogen-bond acceptors (Lipinski definition) is 6. The number of rotatable bonds is 3. The number of imide groups is 1. The minimum Gasteiger partial charge on any atom is -0.448 e. The van der Waals surface area contributed by atoms with E-state index in [9.17, 15) is 14.4 Å². The molecule has 1 saturated heterocycles. The zero-order valence-corrected chi connectivity index (χ0v) is 13.1. The number of nitrogen functional groups attached to an aromatic ring is 1. The first-order chi connectivity index (χ1) is 10.3. The van der Waals surface area contributed by atoms with Crippen molar-refractivity contribution in [2.45, 2.75) is 0 Å². The molecule has 1 aromatic heterocycles. The van der Waals surface area contributed by atoms with Crippen molar-refractivity contribution in [1.29, 1.82) is 0 Å². The highest BCUT2D eigenvalue weighted by atomic mass is 35.5. The number of ether oxygens (including phenoxy) is 2. The van der Waals surface area contributed by atoms with Crippen LogP contribution in [-0.4, -0.2) is 42.6 Å². The van der Waals surface area contributed by atoms with Crippen LogP contribution in [0.15, 0.2) is 0 Å². The SMILES string of the molecule is Nc1c(Cl)c(Cl)[nH+]c(C(=O)OCC(=O)N2CCOC2=O)c1Cl. The minimum atomic E-state index is -0.976. The van der Waals surface area contributed by atoms with E-state index < -0.39 is 24.6 Å². The van der Waals surface area contributed by atoms with Crippen LogP contribution in [0.4, 0.5) is 10.5 Å². The number of amides is 2. The molecule has 0 spiro atoms. The second-order valence-electron chi connectivity index (χ2n) is 4.09. The van der Waals surface area contributed by atoms with Gasteiger partial charge < -0.3 is 15.2 Å². The summed E-state index contributed by atoms with van der Waals surface area (Å²) in [6, 6.07) is 0. The third kappa shape index (κ3) is 3.18. The summed E-state index contributed by atoms with van der Waals surface area (Å²) in [5, 5.41) is -0.337. The van der Waals surface area contributed by atoms with Crippen LogP contribution in [0, 0.1) is 0 Å². The number of aromatic amines is 1. The molecule has 1 aromatic rings. The van der Waals surface area contributed by atoms with Gasteiger partial charge in [-0.2, -0.15) is 4.98 Å². The lowest BCUT2D eigenvalue weighted by atomic mass is 10.3. The Bertz CT molecular complexity index is 667. The standard InChI is InChI=1S/C11H8Cl3N3O5/c12-5-7(15)6(13)9(14)16-8(5)10(19)22-3-4(18)17-1-2-21-11(17)20/h1-3H2,(H2,15,16)/p+1. The number of carbonyl (C=O) groups excluding carboxylic acids is 3. The van der Waals surface area contributed by atoms with Crippen LogP contribution >= 0.6 is 34.8 Å². The number of nitrogens with two attached hydrogens (primary N) is 1. The number of aromatic nitrogens is 1. The van der Waals surface area contributed by atoms with Crippen molar-refractivity contribution in [2.75, 3.05) is 25.5 Å². The molecule has 0 bridgehead atoms. The molecule has 118 valence electrons. The minimum absolute atomic E-state index is 0.0425. The molecular formula is C11H9Cl3N3O5+. The number of cyclic esters (lactones) is 1. The molecule has 2 heterocycles. The molecule has 0 aromatic carbocycles. The summed E-state index contributed by atoms with van der Waals surface area (Å²) in [6.45, 7) is -0.471. The average molecular weight is 370 g/mol. The Morgan fingerprint density at radius 1 is 1.32 bits per heavy atom. The number of pyridine rings is 1. The van der Waals surface area contributed by atoms with Gasteiger partial charge in [-0.25, -0.2) is 14.5 Å². The second kappa shape index (κ2) is 6.55. The highest BCUT2D eigenvalue weighted by molar-refractivity contribution is 6.45. The normalized spacial score (nSPS) is 14.0. The molecule has 11 heteroatoms. The van der Waals surface area contributed by atoms with Crippen LogP contribution < -0.4 is 10.7 Å². The van der Waals surface area contributed by atoms with Crippen molar-refractivity contribution >= 4 is 58.5 Å². The number of nitrogens with zero attached hydrogens (tertiary/aromatic N) is 1. The Labute approximate surface area is 139 Å². The second-order valence-corrected chi connectivity index (χ2v) is 5.23. The van der Waals surface area contributed by atoms with Crippen LogP contribution in [-0.2, 0) is 14.3 Å². The smallest absolute Gasteiger partial charge is 0.416 e. The molecule has 0 atom stereocenters. The third-order valence-corrected chi connectivity index (χ3v) is 3.88. The highest BCUT2D eigenvalue weighted by Crippen LogP contribution is 2.32. The van der Waals surface area contributed by atoms with Gasteiger partial charge in [0.2, 0.25) is 0 Å². The largest absolute Gasteiger partial charge is 0.448 e. The molecule has 8 nitrogen and oxygen atoms in total. The summed E-state index contributed by atoms with van der Waals surface area (Å²) in [4.78, 5) is 38.0. The first-order valence-electron chi connectivity index (χ1n) is 5.82. The Balaban J connectivity index is 2.07. The van der Waals surface area contributed by atoms with Crippen molar-refractivity contribution in [3.05, 3.63) is 20.9 Å². The first kappa shape index (κ1) is 16.6. The van der Waals surface area contributed by atoms with E-state index in [-0.39, 0.29) is 39.7 Å². The van der Waals surface area contributed by atoms with E-state index in [0.717, 1.165) is 4.90 Å². The maximum absolute atomic E-state index is 11.9. The third-order valence-electron chi connectivity index (χ3n) is 2.71. The van der Waals surface area contributed by atoms with E-state index in [2.05, 4.69) is 9.72 Å². The lowest BCUT2D eigenvalue weighted by molar-refractivity contribution is -0.380. The predicted molar refractivity (Wildman–Crippen MR) is 75.8 cm³/mol. The van der Waals surface area contributed by atoms with Gasteiger partial charge in [0.15, 0.2) is 6.61 Å². The summed E-state index contributed by atoms with van der Waals surface area (Å²) in [7, 11) is 0. The van der Waals surface area contributed by atoms with E-state index in [0.29, 0.717) is 0 Å². The van der Waals surface area contributed by atoms with Crippen LogP contribution in [0.3, 0.4) is 0 Å². The van der Waals surface area contributed by atoms with Crippen LogP contribution in [0.25, 0.3) is 0 Å². The van der Waals surface area contributed by atoms with Gasteiger partial charge in [-0.3, -0.25) is 4.79 Å². The topological polar surface area (TPSA) is 113 Å². The summed E-state index contributed by atoms with van der Waals surface area (Å²) in [5.41, 5.74) is 5.22. The fourth-order valence-electron chi connectivity index (χ4n) is 1.61. The quantitative estimate of drug-likeness (QED) is 0.632. The van der Waals surface area contributed by atoms with Crippen LogP contribution in [0.1, 0.15) is 10.5 Å². The Kier molecular flexibility index (Phi) is 4.94. The molecular weight excluding hydrogens is 360 g/mol. The number of hydrogen-bond donors (Lipinski definition) is 1. The van der Waals surface area contributed by atoms with Gasteiger partial charge in [0.25, 0.3) is 11.1 Å². The van der Waals surface area contributed by atoms with Gasteiger partial charge in [-0.1, -0.05) is 23.2 Å². The van der Waals surface area contributed by atoms with E-state index in [4.69, 9.17) is 45.3 Å². The first-order valence-corrected chi connectivity index (χ1v) is 6.95. The molecule has 0 saturated carbocycles. The fourth-order valence-corrected chi connectivity index (χ4v) is 2.21. The van der Waals surface area contributed by atoms with Crippen molar-refractivity contribution in [3.63, 3.8) is 0 Å². The van der Waals surface area contributed by atoms with Gasteiger partial charge in [0, 0.05) is 0 Å². The van der Waals surface area contributed by atoms with Gasteiger partial charge in [0.05, 0.1) is 12.2 Å². The molecule has 3 N–H and O–H groups in total. The van der Waals surface area contributed by atoms with Gasteiger partial charge in [0.1, 0.15) is 16.7 Å². The molecule has 0 unspecified atom stereocenters. The number of halogens is 3. The Hall–Kier alpha value is -1.77. The summed E-state index contributed by atoms with van der Waals surface area (Å²) < 4.78 is 9.36.